The Balaban J connectivity index is 2.15. The number of nitrogens with one attached hydrogen (secondary N) is 1. The Labute approximate surface area is 164 Å². The molecule has 2 aromatic rings. The third-order valence-electron chi connectivity index (χ3n) is 3.70. The van der Waals surface area contributed by atoms with Gasteiger partial charge in [-0.25, -0.2) is 8.78 Å². The predicted molar refractivity (Wildman–Crippen MR) is 103 cm³/mol. The summed E-state index contributed by atoms with van der Waals surface area (Å²) in [5, 5.41) is 2.50. The zero-order chi connectivity index (χ0) is 21.6. The van der Waals surface area contributed by atoms with Crippen molar-refractivity contribution in [2.45, 2.75) is 26.4 Å². The lowest BCUT2D eigenvalue weighted by Gasteiger charge is -2.13. The number of ether oxygens (including phenoxy) is 1. The van der Waals surface area contributed by atoms with E-state index in [1.807, 2.05) is 0 Å². The summed E-state index contributed by atoms with van der Waals surface area (Å²) >= 11 is 0. The largest absolute Gasteiger partial charge is 0.435 e. The summed E-state index contributed by atoms with van der Waals surface area (Å²) in [6.07, 6.45) is 1.20. The van der Waals surface area contributed by atoms with Crippen LogP contribution in [0, 0.1) is 0 Å². The van der Waals surface area contributed by atoms with Gasteiger partial charge >= 0.3 is 6.61 Å². The second kappa shape index (κ2) is 9.22. The summed E-state index contributed by atoms with van der Waals surface area (Å²) in [6, 6.07) is 10.7. The zero-order valence-corrected chi connectivity index (χ0v) is 15.6. The molecular formula is C20H19F4N3O2. The molecule has 3 N–H and O–H groups in total. The van der Waals surface area contributed by atoms with Crippen LogP contribution in [0.2, 0.25) is 0 Å². The van der Waals surface area contributed by atoms with Crippen LogP contribution in [-0.2, 0) is 10.7 Å². The molecule has 0 spiro atoms. The van der Waals surface area contributed by atoms with Gasteiger partial charge < -0.3 is 15.8 Å². The average molecular weight is 409 g/mol. The number of aliphatic imine (C=N–C) groups is 1. The summed E-state index contributed by atoms with van der Waals surface area (Å²) in [5.41, 5.74) is 6.21. The van der Waals surface area contributed by atoms with E-state index in [4.69, 9.17) is 5.73 Å². The SMILES string of the molecule is C/C(N)=C(/C=Nc1ccc(OC(F)F)cc1)C(=O)Nc1cccc(C(C)(F)F)c1. The smallest absolute Gasteiger partial charge is 0.387 e. The van der Waals surface area contributed by atoms with E-state index < -0.39 is 18.4 Å². The van der Waals surface area contributed by atoms with Crippen LogP contribution in [0.15, 0.2) is 64.8 Å². The van der Waals surface area contributed by atoms with Crippen LogP contribution in [0.5, 0.6) is 5.75 Å². The van der Waals surface area contributed by atoms with Crippen LogP contribution in [0.1, 0.15) is 19.4 Å². The van der Waals surface area contributed by atoms with Gasteiger partial charge in [0, 0.05) is 30.1 Å². The monoisotopic (exact) mass is 409 g/mol. The minimum atomic E-state index is -3.05. The Morgan fingerprint density at radius 3 is 2.41 bits per heavy atom. The molecule has 0 bridgehead atoms. The van der Waals surface area contributed by atoms with Crippen molar-refractivity contribution in [2.24, 2.45) is 10.7 Å². The molecule has 0 aliphatic heterocycles. The Hall–Kier alpha value is -3.36. The lowest BCUT2D eigenvalue weighted by Crippen LogP contribution is -2.19. The molecule has 0 saturated heterocycles. The van der Waals surface area contributed by atoms with Crippen LogP contribution in [0.4, 0.5) is 28.9 Å². The van der Waals surface area contributed by atoms with Crippen LogP contribution in [0.3, 0.4) is 0 Å². The molecule has 0 atom stereocenters. The molecule has 29 heavy (non-hydrogen) atoms. The molecular weight excluding hydrogens is 390 g/mol. The van der Waals surface area contributed by atoms with Crippen LogP contribution in [-0.4, -0.2) is 18.7 Å². The standard InChI is InChI=1S/C20H19F4N3O2/c1-12(25)17(11-26-14-6-8-16(9-7-14)29-19(21)22)18(28)27-15-5-3-4-13(10-15)20(2,23)24/h3-11,19H,25H2,1-2H3,(H,27,28)/b17-12+,26-11?. The van der Waals surface area contributed by atoms with Gasteiger partial charge in [0.2, 0.25) is 0 Å². The van der Waals surface area contributed by atoms with E-state index in [0.29, 0.717) is 5.69 Å². The number of nitrogens with zero attached hydrogens (tertiary/aromatic N) is 1. The highest BCUT2D eigenvalue weighted by Crippen LogP contribution is 2.28. The van der Waals surface area contributed by atoms with Crippen molar-refractivity contribution in [2.75, 3.05) is 5.32 Å². The molecule has 0 radical (unpaired) electrons. The topological polar surface area (TPSA) is 76.7 Å². The number of alkyl halides is 4. The van der Waals surface area contributed by atoms with Crippen molar-refractivity contribution in [3.05, 3.63) is 65.4 Å². The fourth-order valence-corrected chi connectivity index (χ4v) is 2.26. The second-order valence-electron chi connectivity index (χ2n) is 6.15. The molecule has 0 unspecified atom stereocenters. The molecule has 0 fully saturated rings. The number of carbonyl (C=O) groups excluding carboxylic acids is 1. The first kappa shape index (κ1) is 21.9. The van der Waals surface area contributed by atoms with Gasteiger partial charge in [-0.15, -0.1) is 0 Å². The molecule has 0 heterocycles. The van der Waals surface area contributed by atoms with Crippen molar-refractivity contribution < 1.29 is 27.1 Å². The van der Waals surface area contributed by atoms with Gasteiger partial charge in [-0.1, -0.05) is 12.1 Å². The second-order valence-corrected chi connectivity index (χ2v) is 6.15. The normalized spacial score (nSPS) is 12.8. The maximum absolute atomic E-state index is 13.5. The van der Waals surface area contributed by atoms with Crippen LogP contribution >= 0.6 is 0 Å². The molecule has 0 aliphatic rings. The first-order valence-corrected chi connectivity index (χ1v) is 8.41. The van der Waals surface area contributed by atoms with E-state index in [9.17, 15) is 22.4 Å². The summed E-state index contributed by atoms with van der Waals surface area (Å²) in [7, 11) is 0. The molecule has 5 nitrogen and oxygen atoms in total. The van der Waals surface area contributed by atoms with E-state index in [1.54, 1.807) is 0 Å². The summed E-state index contributed by atoms with van der Waals surface area (Å²) in [4.78, 5) is 16.6. The van der Waals surface area contributed by atoms with Crippen LogP contribution < -0.4 is 15.8 Å². The molecule has 1 amide bonds. The highest BCUT2D eigenvalue weighted by Gasteiger charge is 2.24. The number of halogens is 4. The molecule has 0 saturated carbocycles. The number of hydrogen-bond acceptors (Lipinski definition) is 4. The fraction of sp³-hybridized carbons (Fsp3) is 0.200. The summed E-state index contributed by atoms with van der Waals surface area (Å²) in [6.45, 7) is -0.696. The fourth-order valence-electron chi connectivity index (χ4n) is 2.26. The van der Waals surface area contributed by atoms with Gasteiger partial charge in [-0.3, -0.25) is 9.79 Å². The molecule has 2 rings (SSSR count). The molecule has 0 aliphatic carbocycles. The molecule has 154 valence electrons. The highest BCUT2D eigenvalue weighted by atomic mass is 19.3. The van der Waals surface area contributed by atoms with Crippen molar-refractivity contribution >= 4 is 23.5 Å². The number of amides is 1. The van der Waals surface area contributed by atoms with Gasteiger partial charge in [-0.2, -0.15) is 8.78 Å². The number of hydrogen-bond donors (Lipinski definition) is 2. The third kappa shape index (κ3) is 6.63. The zero-order valence-electron chi connectivity index (χ0n) is 15.6. The van der Waals surface area contributed by atoms with E-state index in [-0.39, 0.29) is 28.3 Å². The maximum atomic E-state index is 13.5. The lowest BCUT2D eigenvalue weighted by atomic mass is 10.1. The minimum Gasteiger partial charge on any atom is -0.435 e. The van der Waals surface area contributed by atoms with Gasteiger partial charge in [0.05, 0.1) is 11.3 Å². The molecule has 2 aromatic carbocycles. The highest BCUT2D eigenvalue weighted by molar-refractivity contribution is 6.18. The van der Waals surface area contributed by atoms with E-state index >= 15 is 0 Å². The minimum absolute atomic E-state index is 0.0200. The Morgan fingerprint density at radius 1 is 1.21 bits per heavy atom. The predicted octanol–water partition coefficient (Wildman–Crippen LogP) is 4.97. The first-order valence-electron chi connectivity index (χ1n) is 8.41. The van der Waals surface area contributed by atoms with Gasteiger partial charge in [0.1, 0.15) is 5.75 Å². The van der Waals surface area contributed by atoms with Crippen molar-refractivity contribution in [1.82, 2.24) is 0 Å². The quantitative estimate of drug-likeness (QED) is 0.385. The number of rotatable bonds is 7. The third-order valence-corrected chi connectivity index (χ3v) is 3.70. The Morgan fingerprint density at radius 2 is 1.86 bits per heavy atom. The van der Waals surface area contributed by atoms with Gasteiger partial charge in [0.25, 0.3) is 11.8 Å². The molecule has 0 aromatic heterocycles. The van der Waals surface area contributed by atoms with E-state index in [1.165, 1.54) is 61.7 Å². The number of anilines is 1. The van der Waals surface area contributed by atoms with Crippen LogP contribution in [0.25, 0.3) is 0 Å². The van der Waals surface area contributed by atoms with Gasteiger partial charge in [0.15, 0.2) is 0 Å². The Kier molecular flexibility index (Phi) is 6.98. The van der Waals surface area contributed by atoms with Crippen molar-refractivity contribution in [1.29, 1.82) is 0 Å². The van der Waals surface area contributed by atoms with E-state index in [2.05, 4.69) is 15.0 Å². The van der Waals surface area contributed by atoms with Gasteiger partial charge in [-0.05, 0) is 43.3 Å². The number of benzene rings is 2. The maximum Gasteiger partial charge on any atom is 0.387 e. The summed E-state index contributed by atoms with van der Waals surface area (Å²) in [5.74, 6) is -3.72. The first-order chi connectivity index (χ1) is 13.6. The number of allylic oxidation sites excluding steroid dienone is 1. The average Bonchev–Trinajstić information content (AvgIpc) is 2.62. The number of carbonyl (C=O) groups is 1. The molecule has 9 heteroatoms. The lowest BCUT2D eigenvalue weighted by molar-refractivity contribution is -0.112. The summed E-state index contributed by atoms with van der Waals surface area (Å²) < 4.78 is 55.5. The van der Waals surface area contributed by atoms with Crippen molar-refractivity contribution in [3.63, 3.8) is 0 Å². The van der Waals surface area contributed by atoms with E-state index in [0.717, 1.165) is 6.92 Å². The van der Waals surface area contributed by atoms with Crippen molar-refractivity contribution in [3.8, 4) is 5.75 Å². The Bertz CT molecular complexity index is 916. The number of nitrogens with two attached hydrogens (primary N) is 1.